The lowest BCUT2D eigenvalue weighted by molar-refractivity contribution is -0.991. The SMILES string of the molecule is O=C(O)c1cc(Br)cc(F)c1C[N+]12CN3CN(CN(C3)C1)C2. The molecule has 0 amide bonds. The van der Waals surface area contributed by atoms with E-state index < -0.39 is 11.8 Å². The van der Waals surface area contributed by atoms with E-state index in [9.17, 15) is 14.3 Å². The summed E-state index contributed by atoms with van der Waals surface area (Å²) in [6.45, 7) is 5.80. The van der Waals surface area contributed by atoms with Crippen molar-refractivity contribution in [3.8, 4) is 0 Å². The second-order valence-corrected chi connectivity index (χ2v) is 7.50. The fraction of sp³-hybridized carbons (Fsp3) is 0.500. The van der Waals surface area contributed by atoms with E-state index in [4.69, 9.17) is 0 Å². The first-order chi connectivity index (χ1) is 10.4. The molecule has 4 aliphatic rings. The Morgan fingerprint density at radius 3 is 2.23 bits per heavy atom. The lowest BCUT2D eigenvalue weighted by Gasteiger charge is -2.60. The van der Waals surface area contributed by atoms with Crippen molar-refractivity contribution < 1.29 is 18.8 Å². The van der Waals surface area contributed by atoms with Gasteiger partial charge in [0.2, 0.25) is 0 Å². The maximum absolute atomic E-state index is 14.4. The van der Waals surface area contributed by atoms with Crippen LogP contribution in [0.25, 0.3) is 0 Å². The van der Waals surface area contributed by atoms with Gasteiger partial charge in [0.25, 0.3) is 0 Å². The molecule has 0 spiro atoms. The van der Waals surface area contributed by atoms with Crippen LogP contribution < -0.4 is 0 Å². The van der Waals surface area contributed by atoms with E-state index in [0.29, 0.717) is 21.1 Å². The van der Waals surface area contributed by atoms with E-state index in [1.54, 1.807) is 0 Å². The largest absolute Gasteiger partial charge is 0.478 e. The number of hydrogen-bond acceptors (Lipinski definition) is 4. The van der Waals surface area contributed by atoms with Gasteiger partial charge in [-0.3, -0.25) is 4.48 Å². The number of hydrogen-bond donors (Lipinski definition) is 1. The molecule has 4 bridgehead atoms. The molecule has 8 heteroatoms. The topological polar surface area (TPSA) is 47.0 Å². The van der Waals surface area contributed by atoms with Crippen LogP contribution >= 0.6 is 15.9 Å². The molecule has 0 radical (unpaired) electrons. The molecular weight excluding hydrogens is 355 g/mol. The summed E-state index contributed by atoms with van der Waals surface area (Å²) in [5.74, 6) is -1.52. The highest BCUT2D eigenvalue weighted by Crippen LogP contribution is 2.33. The van der Waals surface area contributed by atoms with Gasteiger partial charge in [-0.15, -0.1) is 0 Å². The first-order valence-electron chi connectivity index (χ1n) is 7.17. The summed E-state index contributed by atoms with van der Waals surface area (Å²) in [7, 11) is 0. The van der Waals surface area contributed by atoms with Crippen molar-refractivity contribution in [2.75, 3.05) is 40.0 Å². The molecule has 0 aliphatic carbocycles. The Bertz CT molecular complexity index is 619. The third-order valence-corrected chi connectivity index (χ3v) is 5.04. The predicted octanol–water partition coefficient (Wildman–Crippen LogP) is 1.30. The first-order valence-corrected chi connectivity index (χ1v) is 7.97. The number of aromatic carboxylic acids is 1. The Balaban J connectivity index is 1.71. The molecular formula is C14H17BrFN4O2+. The number of nitrogens with zero attached hydrogens (tertiary/aromatic N) is 4. The Labute approximate surface area is 136 Å². The Hall–Kier alpha value is -1.06. The fourth-order valence-corrected chi connectivity index (χ4v) is 4.53. The van der Waals surface area contributed by atoms with Gasteiger partial charge in [0.1, 0.15) is 32.4 Å². The molecule has 1 N–H and O–H groups in total. The average molecular weight is 372 g/mol. The highest BCUT2D eigenvalue weighted by Gasteiger charge is 2.49. The summed E-state index contributed by atoms with van der Waals surface area (Å²) in [4.78, 5) is 18.5. The van der Waals surface area contributed by atoms with Crippen LogP contribution in [0.5, 0.6) is 0 Å². The van der Waals surface area contributed by atoms with Gasteiger partial charge in [-0.1, -0.05) is 15.9 Å². The zero-order valence-corrected chi connectivity index (χ0v) is 13.6. The van der Waals surface area contributed by atoms with E-state index in [2.05, 4.69) is 30.6 Å². The van der Waals surface area contributed by atoms with Crippen LogP contribution in [0.3, 0.4) is 0 Å². The van der Waals surface area contributed by atoms with E-state index in [1.807, 2.05) is 0 Å². The van der Waals surface area contributed by atoms with Crippen molar-refractivity contribution in [1.82, 2.24) is 14.7 Å². The van der Waals surface area contributed by atoms with Gasteiger partial charge >= 0.3 is 5.97 Å². The molecule has 4 aliphatic heterocycles. The third kappa shape index (κ3) is 2.35. The number of carbonyl (C=O) groups is 1. The zero-order valence-electron chi connectivity index (χ0n) is 12.0. The van der Waals surface area contributed by atoms with Crippen LogP contribution in [0.15, 0.2) is 16.6 Å². The summed E-state index contributed by atoms with van der Waals surface area (Å²) in [6.07, 6.45) is 0. The van der Waals surface area contributed by atoms with Gasteiger partial charge in [-0.2, -0.15) is 0 Å². The molecule has 4 fully saturated rings. The molecule has 118 valence electrons. The third-order valence-electron chi connectivity index (χ3n) is 4.58. The van der Waals surface area contributed by atoms with Crippen molar-refractivity contribution >= 4 is 21.9 Å². The molecule has 5 rings (SSSR count). The van der Waals surface area contributed by atoms with Gasteiger partial charge in [-0.05, 0) is 12.1 Å². The van der Waals surface area contributed by atoms with Crippen molar-refractivity contribution in [3.63, 3.8) is 0 Å². The van der Waals surface area contributed by atoms with Crippen molar-refractivity contribution in [1.29, 1.82) is 0 Å². The van der Waals surface area contributed by atoms with Gasteiger partial charge in [0.15, 0.2) is 0 Å². The summed E-state index contributed by atoms with van der Waals surface area (Å²) in [5.41, 5.74) is 0.363. The quantitative estimate of drug-likeness (QED) is 0.811. The van der Waals surface area contributed by atoms with Gasteiger partial charge in [-0.25, -0.2) is 23.9 Å². The van der Waals surface area contributed by atoms with Gasteiger partial charge in [0.05, 0.1) is 31.1 Å². The van der Waals surface area contributed by atoms with Crippen LogP contribution in [0, 0.1) is 5.82 Å². The molecule has 0 unspecified atom stereocenters. The molecule has 22 heavy (non-hydrogen) atoms. The number of quaternary nitrogens is 1. The second kappa shape index (κ2) is 4.97. The molecule has 4 heterocycles. The van der Waals surface area contributed by atoms with Crippen molar-refractivity contribution in [2.45, 2.75) is 6.54 Å². The van der Waals surface area contributed by atoms with E-state index in [-0.39, 0.29) is 5.56 Å². The molecule has 0 atom stereocenters. The highest BCUT2D eigenvalue weighted by atomic mass is 79.9. The van der Waals surface area contributed by atoms with E-state index >= 15 is 0 Å². The fourth-order valence-electron chi connectivity index (χ4n) is 4.10. The predicted molar refractivity (Wildman–Crippen MR) is 79.7 cm³/mol. The van der Waals surface area contributed by atoms with Crippen LogP contribution in [-0.2, 0) is 6.54 Å². The summed E-state index contributed by atoms with van der Waals surface area (Å²) >= 11 is 3.18. The Morgan fingerprint density at radius 2 is 1.73 bits per heavy atom. The Morgan fingerprint density at radius 1 is 1.18 bits per heavy atom. The second-order valence-electron chi connectivity index (χ2n) is 6.58. The van der Waals surface area contributed by atoms with Crippen LogP contribution in [0.1, 0.15) is 15.9 Å². The molecule has 4 saturated heterocycles. The van der Waals surface area contributed by atoms with Crippen LogP contribution in [0.2, 0.25) is 0 Å². The first kappa shape index (κ1) is 14.5. The maximum Gasteiger partial charge on any atom is 0.336 e. The monoisotopic (exact) mass is 371 g/mol. The highest BCUT2D eigenvalue weighted by molar-refractivity contribution is 9.10. The summed E-state index contributed by atoms with van der Waals surface area (Å²) < 4.78 is 15.6. The number of halogens is 2. The minimum atomic E-state index is -1.08. The number of rotatable bonds is 3. The molecule has 1 aromatic rings. The molecule has 0 aromatic heterocycles. The zero-order chi connectivity index (χ0) is 15.5. The Kier molecular flexibility index (Phi) is 3.28. The van der Waals surface area contributed by atoms with E-state index in [1.165, 1.54) is 12.1 Å². The van der Waals surface area contributed by atoms with Crippen LogP contribution in [0.4, 0.5) is 4.39 Å². The van der Waals surface area contributed by atoms with E-state index in [0.717, 1.165) is 40.0 Å². The average Bonchev–Trinajstić information content (AvgIpc) is 2.39. The number of carboxylic acid groups (broad SMARTS) is 1. The normalized spacial score (nSPS) is 35.8. The maximum atomic E-state index is 14.4. The van der Waals surface area contributed by atoms with Gasteiger partial charge in [0, 0.05) is 4.47 Å². The molecule has 6 nitrogen and oxygen atoms in total. The lowest BCUT2D eigenvalue weighted by Crippen LogP contribution is -2.78. The summed E-state index contributed by atoms with van der Waals surface area (Å²) in [5, 5.41) is 9.40. The lowest BCUT2D eigenvalue weighted by atomic mass is 10.0. The summed E-state index contributed by atoms with van der Waals surface area (Å²) in [6, 6.07) is 2.85. The standard InChI is InChI=1S/C14H16BrFN4O2/c15-10-1-11(14(21)22)12(13(16)2-10)3-20-7-17-4-18(8-20)6-19(5-17)9-20/h1-2H,3-9H2/p+1. The van der Waals surface area contributed by atoms with Crippen molar-refractivity contribution in [3.05, 3.63) is 33.5 Å². The molecule has 0 saturated carbocycles. The molecule has 1 aromatic carbocycles. The number of carboxylic acids is 1. The minimum Gasteiger partial charge on any atom is -0.478 e. The number of benzene rings is 1. The smallest absolute Gasteiger partial charge is 0.336 e. The minimum absolute atomic E-state index is 0.0562. The van der Waals surface area contributed by atoms with Gasteiger partial charge < -0.3 is 5.11 Å². The van der Waals surface area contributed by atoms with Crippen LogP contribution in [-0.4, -0.2) is 70.3 Å². The van der Waals surface area contributed by atoms with Crippen molar-refractivity contribution in [2.24, 2.45) is 0 Å².